The molecule has 1 aliphatic heterocycles. The average Bonchev–Trinajstić information content (AvgIpc) is 3.38. The molecule has 3 aromatic carbocycles. The molecule has 4 aromatic rings. The predicted molar refractivity (Wildman–Crippen MR) is 148 cm³/mol. The molecule has 202 valence electrons. The zero-order chi connectivity index (χ0) is 27.4. The first-order chi connectivity index (χ1) is 18.8. The van der Waals surface area contributed by atoms with Crippen LogP contribution in [0.4, 0.5) is 0 Å². The summed E-state index contributed by atoms with van der Waals surface area (Å²) in [5.74, 6) is 0.307. The van der Waals surface area contributed by atoms with Gasteiger partial charge in [0.15, 0.2) is 0 Å². The number of hydrogen-bond donors (Lipinski definition) is 2. The lowest BCUT2D eigenvalue weighted by Gasteiger charge is -2.36. The summed E-state index contributed by atoms with van der Waals surface area (Å²) in [6.45, 7) is 5.28. The van der Waals surface area contributed by atoms with Crippen molar-refractivity contribution in [1.82, 2.24) is 5.32 Å². The number of nitrogens with one attached hydrogen (secondary N) is 1. The maximum atomic E-state index is 13.9. The summed E-state index contributed by atoms with van der Waals surface area (Å²) in [7, 11) is 0. The predicted octanol–water partition coefficient (Wildman–Crippen LogP) is 6.08. The highest BCUT2D eigenvalue weighted by Gasteiger charge is 2.39. The Morgan fingerprint density at radius 3 is 2.56 bits per heavy atom. The highest BCUT2D eigenvalue weighted by atomic mass is 16.5. The van der Waals surface area contributed by atoms with E-state index in [4.69, 9.17) is 13.9 Å². The van der Waals surface area contributed by atoms with E-state index in [1.54, 1.807) is 0 Å². The molecule has 0 saturated carbocycles. The summed E-state index contributed by atoms with van der Waals surface area (Å²) in [4.78, 5) is 25.2. The van der Waals surface area contributed by atoms with E-state index in [0.717, 1.165) is 33.4 Å². The number of carboxylic acids is 1. The lowest BCUT2D eigenvalue weighted by Crippen LogP contribution is -2.49. The number of rotatable bonds is 9. The maximum Gasteiger partial charge on any atom is 0.303 e. The first kappa shape index (κ1) is 26.5. The Kier molecular flexibility index (Phi) is 7.70. The number of benzene rings is 3. The molecule has 7 heteroatoms. The van der Waals surface area contributed by atoms with E-state index < -0.39 is 11.5 Å². The van der Waals surface area contributed by atoms with Gasteiger partial charge in [0, 0.05) is 43.4 Å². The van der Waals surface area contributed by atoms with E-state index in [0.29, 0.717) is 42.9 Å². The normalized spacial score (nSPS) is 14.7. The summed E-state index contributed by atoms with van der Waals surface area (Å²) in [5.41, 5.74) is 4.11. The van der Waals surface area contributed by atoms with Crippen LogP contribution in [0.5, 0.6) is 5.75 Å². The van der Waals surface area contributed by atoms with Crippen molar-refractivity contribution in [3.63, 3.8) is 0 Å². The van der Waals surface area contributed by atoms with Gasteiger partial charge in [-0.25, -0.2) is 0 Å². The average molecular weight is 528 g/mol. The second-order valence-corrected chi connectivity index (χ2v) is 10.2. The van der Waals surface area contributed by atoms with Crippen molar-refractivity contribution >= 4 is 22.8 Å². The van der Waals surface area contributed by atoms with E-state index in [-0.39, 0.29) is 25.4 Å². The molecule has 1 aromatic heterocycles. The van der Waals surface area contributed by atoms with Gasteiger partial charge in [0.2, 0.25) is 0 Å². The monoisotopic (exact) mass is 527 g/mol. The van der Waals surface area contributed by atoms with Crippen LogP contribution in [-0.4, -0.2) is 30.2 Å². The van der Waals surface area contributed by atoms with Crippen molar-refractivity contribution in [1.29, 1.82) is 0 Å². The molecule has 1 aliphatic rings. The van der Waals surface area contributed by atoms with Crippen LogP contribution in [0.25, 0.3) is 11.0 Å². The van der Waals surface area contributed by atoms with Gasteiger partial charge in [-0.3, -0.25) is 9.59 Å². The van der Waals surface area contributed by atoms with Crippen molar-refractivity contribution < 1.29 is 28.6 Å². The van der Waals surface area contributed by atoms with Crippen molar-refractivity contribution in [2.24, 2.45) is 0 Å². The SMILES string of the molecule is Cc1ccc(C)c(OCc2ccc(CCC(=O)O)c(C(=O)NC3(c4cc5ccccc5o4)CCOCC3)c2)c1. The highest BCUT2D eigenvalue weighted by Crippen LogP contribution is 2.36. The molecule has 0 radical (unpaired) electrons. The Balaban J connectivity index is 1.45. The Labute approximate surface area is 227 Å². The van der Waals surface area contributed by atoms with Crippen LogP contribution in [0.1, 0.15) is 57.6 Å². The molecular formula is C32H33NO6. The third-order valence-corrected chi connectivity index (χ3v) is 7.36. The lowest BCUT2D eigenvalue weighted by molar-refractivity contribution is -0.136. The minimum absolute atomic E-state index is 0.0683. The number of ether oxygens (including phenoxy) is 2. The summed E-state index contributed by atoms with van der Waals surface area (Å²) < 4.78 is 17.9. The van der Waals surface area contributed by atoms with Crippen LogP contribution in [0.15, 0.2) is 71.1 Å². The van der Waals surface area contributed by atoms with Crippen molar-refractivity contribution in [3.8, 4) is 5.75 Å². The number of carbonyl (C=O) groups excluding carboxylic acids is 1. The molecule has 0 spiro atoms. The summed E-state index contributed by atoms with van der Waals surface area (Å²) in [6, 6.07) is 21.3. The van der Waals surface area contributed by atoms with Crippen molar-refractivity contribution in [2.45, 2.75) is 51.7 Å². The molecule has 2 heterocycles. The number of hydrogen-bond acceptors (Lipinski definition) is 5. The molecule has 7 nitrogen and oxygen atoms in total. The molecule has 5 rings (SSSR count). The van der Waals surface area contributed by atoms with E-state index in [9.17, 15) is 14.7 Å². The zero-order valence-electron chi connectivity index (χ0n) is 22.3. The number of fused-ring (bicyclic) bond motifs is 1. The van der Waals surface area contributed by atoms with Gasteiger partial charge in [-0.05, 0) is 66.8 Å². The van der Waals surface area contributed by atoms with Gasteiger partial charge >= 0.3 is 5.97 Å². The van der Waals surface area contributed by atoms with E-state index in [2.05, 4.69) is 5.32 Å². The molecule has 39 heavy (non-hydrogen) atoms. The Morgan fingerprint density at radius 1 is 1.00 bits per heavy atom. The number of aryl methyl sites for hydroxylation is 3. The topological polar surface area (TPSA) is 98.0 Å². The smallest absolute Gasteiger partial charge is 0.303 e. The largest absolute Gasteiger partial charge is 0.489 e. The van der Waals surface area contributed by atoms with Crippen LogP contribution >= 0.6 is 0 Å². The summed E-state index contributed by atoms with van der Waals surface area (Å²) in [5, 5.41) is 13.5. The fourth-order valence-electron chi connectivity index (χ4n) is 5.06. The Morgan fingerprint density at radius 2 is 1.79 bits per heavy atom. The standard InChI is InChI=1S/C32H33NO6/c1-21-7-8-22(2)28(17-21)38-20-23-9-10-24(11-12-30(34)35)26(18-23)31(36)33-32(13-15-37-16-14-32)29-19-25-5-3-4-6-27(25)39-29/h3-10,17-19H,11-16,20H2,1-2H3,(H,33,36)(H,34,35). The van der Waals surface area contributed by atoms with Gasteiger partial charge in [0.1, 0.15) is 29.2 Å². The molecular weight excluding hydrogens is 494 g/mol. The van der Waals surface area contributed by atoms with Gasteiger partial charge in [0.25, 0.3) is 5.91 Å². The number of carbonyl (C=O) groups is 2. The van der Waals surface area contributed by atoms with Crippen molar-refractivity contribution in [2.75, 3.05) is 13.2 Å². The minimum Gasteiger partial charge on any atom is -0.489 e. The maximum absolute atomic E-state index is 13.9. The van der Waals surface area contributed by atoms with E-state index >= 15 is 0 Å². The van der Waals surface area contributed by atoms with Crippen LogP contribution in [0, 0.1) is 13.8 Å². The fourth-order valence-corrected chi connectivity index (χ4v) is 5.06. The van der Waals surface area contributed by atoms with Gasteiger partial charge in [-0.1, -0.05) is 42.5 Å². The van der Waals surface area contributed by atoms with Crippen LogP contribution < -0.4 is 10.1 Å². The molecule has 0 unspecified atom stereocenters. The van der Waals surface area contributed by atoms with E-state index in [1.165, 1.54) is 0 Å². The van der Waals surface area contributed by atoms with Gasteiger partial charge in [-0.2, -0.15) is 0 Å². The van der Waals surface area contributed by atoms with E-state index in [1.807, 2.05) is 80.6 Å². The first-order valence-corrected chi connectivity index (χ1v) is 13.3. The number of furan rings is 1. The number of para-hydroxylation sites is 1. The number of amides is 1. The van der Waals surface area contributed by atoms with Gasteiger partial charge < -0.3 is 24.3 Å². The Hall–Kier alpha value is -4.10. The van der Waals surface area contributed by atoms with Crippen LogP contribution in [-0.2, 0) is 28.1 Å². The third-order valence-electron chi connectivity index (χ3n) is 7.36. The zero-order valence-corrected chi connectivity index (χ0v) is 22.3. The minimum atomic E-state index is -0.910. The second-order valence-electron chi connectivity index (χ2n) is 10.2. The van der Waals surface area contributed by atoms with Gasteiger partial charge in [0.05, 0.1) is 0 Å². The third kappa shape index (κ3) is 5.99. The second kappa shape index (κ2) is 11.3. The van der Waals surface area contributed by atoms with Gasteiger partial charge in [-0.15, -0.1) is 0 Å². The molecule has 1 fully saturated rings. The molecule has 1 saturated heterocycles. The summed E-state index contributed by atoms with van der Waals surface area (Å²) in [6.07, 6.45) is 1.31. The lowest BCUT2D eigenvalue weighted by atomic mass is 9.86. The number of aliphatic carboxylic acids is 1. The molecule has 2 N–H and O–H groups in total. The first-order valence-electron chi connectivity index (χ1n) is 13.3. The summed E-state index contributed by atoms with van der Waals surface area (Å²) >= 11 is 0. The fraction of sp³-hybridized carbons (Fsp3) is 0.312. The highest BCUT2D eigenvalue weighted by molar-refractivity contribution is 5.96. The molecule has 1 amide bonds. The number of carboxylic acid groups (broad SMARTS) is 1. The van der Waals surface area contributed by atoms with Crippen molar-refractivity contribution in [3.05, 3.63) is 100 Å². The Bertz CT molecular complexity index is 1460. The van der Waals surface area contributed by atoms with Crippen LogP contribution in [0.2, 0.25) is 0 Å². The molecule has 0 aliphatic carbocycles. The molecule has 0 atom stereocenters. The molecule has 0 bridgehead atoms. The van der Waals surface area contributed by atoms with Crippen LogP contribution in [0.3, 0.4) is 0 Å². The quantitative estimate of drug-likeness (QED) is 0.274.